The van der Waals surface area contributed by atoms with Crippen molar-refractivity contribution in [3.8, 4) is 0 Å². The zero-order valence-electron chi connectivity index (χ0n) is 9.43. The third kappa shape index (κ3) is 2.06. The van der Waals surface area contributed by atoms with E-state index in [1.807, 2.05) is 4.90 Å². The maximum Gasteiger partial charge on any atom is 0.293 e. The molecule has 6 nitrogen and oxygen atoms in total. The van der Waals surface area contributed by atoms with Gasteiger partial charge in [-0.1, -0.05) is 0 Å². The number of nitro benzene ring substituents is 1. The standard InChI is InChI=1S/C11H14N4O2/c12-7-8-5-11(15(16)17)10(6-9(8)13)14-3-1-2-4-14/h5-7,12H,1-4,13H2/p+1. The third-order valence-corrected chi connectivity index (χ3v) is 3.00. The Labute approximate surface area is 98.7 Å². The first-order valence-electron chi connectivity index (χ1n) is 5.51. The fourth-order valence-electron chi connectivity index (χ4n) is 2.11. The maximum atomic E-state index is 11.0. The fraction of sp³-hybridized carbons (Fsp3) is 0.364. The molecule has 1 aliphatic heterocycles. The summed E-state index contributed by atoms with van der Waals surface area (Å²) in [6.07, 6.45) is 3.40. The molecule has 1 fully saturated rings. The Kier molecular flexibility index (Phi) is 2.95. The minimum atomic E-state index is -0.389. The molecule has 6 heteroatoms. The summed E-state index contributed by atoms with van der Waals surface area (Å²) in [7, 11) is 0. The van der Waals surface area contributed by atoms with E-state index in [1.54, 1.807) is 6.07 Å². The van der Waals surface area contributed by atoms with Crippen molar-refractivity contribution >= 4 is 23.3 Å². The van der Waals surface area contributed by atoms with Gasteiger partial charge in [-0.25, -0.2) is 0 Å². The molecule has 90 valence electrons. The Morgan fingerprint density at radius 1 is 1.41 bits per heavy atom. The van der Waals surface area contributed by atoms with Gasteiger partial charge in [0.25, 0.3) is 5.69 Å². The smallest absolute Gasteiger partial charge is 0.293 e. The molecule has 1 aromatic rings. The molecule has 0 aromatic heterocycles. The highest BCUT2D eigenvalue weighted by Gasteiger charge is 2.24. The van der Waals surface area contributed by atoms with E-state index in [1.165, 1.54) is 12.3 Å². The molecule has 2 rings (SSSR count). The van der Waals surface area contributed by atoms with Crippen molar-refractivity contribution in [2.24, 2.45) is 0 Å². The molecular weight excluding hydrogens is 220 g/mol. The first kappa shape index (κ1) is 11.4. The van der Waals surface area contributed by atoms with E-state index >= 15 is 0 Å². The maximum absolute atomic E-state index is 11.0. The molecule has 17 heavy (non-hydrogen) atoms. The summed E-state index contributed by atoms with van der Waals surface area (Å²) in [5.74, 6) is 0. The van der Waals surface area contributed by atoms with Crippen LogP contribution in [0.4, 0.5) is 17.1 Å². The molecule has 1 aromatic carbocycles. The number of nitrogens with two attached hydrogens (primary N) is 2. The van der Waals surface area contributed by atoms with Gasteiger partial charge in [0.15, 0.2) is 6.21 Å². The third-order valence-electron chi connectivity index (χ3n) is 3.00. The normalized spacial score (nSPS) is 14.9. The molecule has 0 spiro atoms. The Balaban J connectivity index is 2.52. The van der Waals surface area contributed by atoms with E-state index in [-0.39, 0.29) is 10.6 Å². The zero-order chi connectivity index (χ0) is 12.4. The number of hydrogen-bond donors (Lipinski definition) is 2. The molecular formula is C11H15N4O2+. The lowest BCUT2D eigenvalue weighted by Gasteiger charge is -2.18. The highest BCUT2D eigenvalue weighted by Crippen LogP contribution is 2.34. The van der Waals surface area contributed by atoms with Crippen molar-refractivity contribution in [3.63, 3.8) is 0 Å². The first-order valence-corrected chi connectivity index (χ1v) is 5.51. The quantitative estimate of drug-likeness (QED) is 0.332. The Bertz CT molecular complexity index is 467. The number of nitrogen functional groups attached to an aromatic ring is 1. The second kappa shape index (κ2) is 4.40. The van der Waals surface area contributed by atoms with Crippen LogP contribution in [-0.2, 0) is 0 Å². The summed E-state index contributed by atoms with van der Waals surface area (Å²) in [4.78, 5) is 12.6. The predicted octanol–water partition coefficient (Wildman–Crippen LogP) is -0.0448. The van der Waals surface area contributed by atoms with Gasteiger partial charge in [-0.05, 0) is 18.9 Å². The highest BCUT2D eigenvalue weighted by atomic mass is 16.6. The number of nitrogens with zero attached hydrogens (tertiary/aromatic N) is 2. The van der Waals surface area contributed by atoms with Gasteiger partial charge in [-0.3, -0.25) is 15.5 Å². The van der Waals surface area contributed by atoms with Gasteiger partial charge in [0.2, 0.25) is 0 Å². The number of benzene rings is 1. The van der Waals surface area contributed by atoms with Crippen LogP contribution in [0.15, 0.2) is 12.1 Å². The van der Waals surface area contributed by atoms with E-state index in [4.69, 9.17) is 11.1 Å². The van der Waals surface area contributed by atoms with Gasteiger partial charge in [-0.15, -0.1) is 0 Å². The molecule has 1 aliphatic rings. The molecule has 0 unspecified atom stereocenters. The van der Waals surface area contributed by atoms with Crippen LogP contribution in [0.25, 0.3) is 0 Å². The lowest BCUT2D eigenvalue weighted by atomic mass is 10.1. The summed E-state index contributed by atoms with van der Waals surface area (Å²) in [5, 5.41) is 16.4. The molecule has 0 aliphatic carbocycles. The van der Waals surface area contributed by atoms with Crippen molar-refractivity contribution in [1.82, 2.24) is 0 Å². The Morgan fingerprint density at radius 2 is 2.06 bits per heavy atom. The predicted molar refractivity (Wildman–Crippen MR) is 66.0 cm³/mol. The lowest BCUT2D eigenvalue weighted by molar-refractivity contribution is -0.384. The highest BCUT2D eigenvalue weighted by molar-refractivity contribution is 5.88. The van der Waals surface area contributed by atoms with E-state index in [0.717, 1.165) is 25.9 Å². The molecule has 0 atom stereocenters. The minimum absolute atomic E-state index is 0.0674. The van der Waals surface area contributed by atoms with Gasteiger partial charge in [0.05, 0.1) is 10.5 Å². The van der Waals surface area contributed by atoms with E-state index < -0.39 is 0 Å². The van der Waals surface area contributed by atoms with E-state index in [0.29, 0.717) is 16.9 Å². The Hall–Kier alpha value is -2.11. The van der Waals surface area contributed by atoms with Gasteiger partial charge >= 0.3 is 0 Å². The van der Waals surface area contributed by atoms with Crippen LogP contribution in [0.3, 0.4) is 0 Å². The average Bonchev–Trinajstić information content (AvgIpc) is 2.81. The second-order valence-electron chi connectivity index (χ2n) is 4.09. The van der Waals surface area contributed by atoms with Gasteiger partial charge in [0, 0.05) is 24.8 Å². The SMILES string of the molecule is Nc1cc(N2CCCC2)c([N+](=O)[O-])cc1C=[NH2+]. The Morgan fingerprint density at radius 3 is 2.59 bits per heavy atom. The molecule has 0 bridgehead atoms. The molecule has 0 radical (unpaired) electrons. The van der Waals surface area contributed by atoms with E-state index in [9.17, 15) is 10.1 Å². The molecule has 1 heterocycles. The second-order valence-corrected chi connectivity index (χ2v) is 4.09. The zero-order valence-corrected chi connectivity index (χ0v) is 9.43. The van der Waals surface area contributed by atoms with Crippen molar-refractivity contribution < 1.29 is 10.3 Å². The van der Waals surface area contributed by atoms with Gasteiger partial charge < -0.3 is 10.6 Å². The monoisotopic (exact) mass is 235 g/mol. The van der Waals surface area contributed by atoms with Crippen LogP contribution in [0.2, 0.25) is 0 Å². The largest absolute Gasteiger partial charge is 0.398 e. The van der Waals surface area contributed by atoms with E-state index in [2.05, 4.69) is 0 Å². The number of anilines is 2. The van der Waals surface area contributed by atoms with Crippen molar-refractivity contribution in [3.05, 3.63) is 27.8 Å². The average molecular weight is 235 g/mol. The summed E-state index contributed by atoms with van der Waals surface area (Å²) in [6.45, 7) is 1.68. The first-order chi connectivity index (χ1) is 8.13. The lowest BCUT2D eigenvalue weighted by Crippen LogP contribution is -2.30. The van der Waals surface area contributed by atoms with Crippen molar-refractivity contribution in [2.75, 3.05) is 23.7 Å². The summed E-state index contributed by atoms with van der Waals surface area (Å²) >= 11 is 0. The van der Waals surface area contributed by atoms with Gasteiger partial charge in [0.1, 0.15) is 5.69 Å². The van der Waals surface area contributed by atoms with Crippen molar-refractivity contribution in [2.45, 2.75) is 12.8 Å². The van der Waals surface area contributed by atoms with Crippen LogP contribution in [-0.4, -0.2) is 24.2 Å². The number of nitro groups is 1. The van der Waals surface area contributed by atoms with Gasteiger partial charge in [-0.2, -0.15) is 0 Å². The van der Waals surface area contributed by atoms with Crippen LogP contribution >= 0.6 is 0 Å². The van der Waals surface area contributed by atoms with Crippen LogP contribution in [0.1, 0.15) is 18.4 Å². The van der Waals surface area contributed by atoms with Crippen molar-refractivity contribution in [1.29, 1.82) is 0 Å². The van der Waals surface area contributed by atoms with Crippen LogP contribution in [0.5, 0.6) is 0 Å². The summed E-state index contributed by atoms with van der Waals surface area (Å²) in [5.41, 5.74) is 7.44. The molecule has 4 N–H and O–H groups in total. The molecule has 0 saturated carbocycles. The molecule has 1 saturated heterocycles. The fourth-order valence-corrected chi connectivity index (χ4v) is 2.11. The summed E-state index contributed by atoms with van der Waals surface area (Å²) in [6, 6.07) is 3.07. The number of rotatable bonds is 3. The number of hydrogen-bond acceptors (Lipinski definition) is 4. The van der Waals surface area contributed by atoms with Crippen LogP contribution in [0, 0.1) is 10.1 Å². The minimum Gasteiger partial charge on any atom is -0.398 e. The summed E-state index contributed by atoms with van der Waals surface area (Å²) < 4.78 is 0. The molecule has 0 amide bonds. The van der Waals surface area contributed by atoms with Crippen LogP contribution < -0.4 is 16.0 Å². The topological polar surface area (TPSA) is 98.0 Å².